The summed E-state index contributed by atoms with van der Waals surface area (Å²) in [4.78, 5) is 31.4. The van der Waals surface area contributed by atoms with E-state index in [2.05, 4.69) is 5.32 Å². The molecule has 9 heteroatoms. The summed E-state index contributed by atoms with van der Waals surface area (Å²) in [7, 11) is -3.37. The van der Waals surface area contributed by atoms with Crippen molar-refractivity contribution in [2.75, 3.05) is 13.4 Å². The van der Waals surface area contributed by atoms with E-state index >= 15 is 0 Å². The van der Waals surface area contributed by atoms with Gasteiger partial charge in [-0.05, 0) is 22.3 Å². The number of carbonyl (C=O) groups is 1. The lowest BCUT2D eigenvalue weighted by Crippen LogP contribution is -2.64. The zero-order valence-corrected chi connectivity index (χ0v) is 19.0. The maximum atomic E-state index is 12.7. The first kappa shape index (κ1) is 24.8. The van der Waals surface area contributed by atoms with Gasteiger partial charge in [-0.3, -0.25) is 9.88 Å². The first-order chi connectivity index (χ1) is 15.7. The van der Waals surface area contributed by atoms with E-state index in [0.29, 0.717) is 5.56 Å². The molecule has 0 aliphatic carbocycles. The largest absolute Gasteiger partial charge is 0.467 e. The summed E-state index contributed by atoms with van der Waals surface area (Å²) >= 11 is 0. The molecule has 0 fully saturated rings. The molecule has 174 valence electrons. The van der Waals surface area contributed by atoms with Crippen LogP contribution in [0.15, 0.2) is 84.9 Å². The van der Waals surface area contributed by atoms with Crippen LogP contribution in [0.1, 0.15) is 17.2 Å². The first-order valence-corrected chi connectivity index (χ1v) is 12.0. The number of ether oxygens (including phenoxy) is 2. The number of carbonyl (C=O) groups excluding carboxylic acids is 1. The van der Waals surface area contributed by atoms with Gasteiger partial charge < -0.3 is 25.0 Å². The van der Waals surface area contributed by atoms with Crippen molar-refractivity contribution in [1.29, 1.82) is 0 Å². The van der Waals surface area contributed by atoms with Crippen LogP contribution in [-0.4, -0.2) is 34.8 Å². The maximum Gasteiger partial charge on any atom is 0.344 e. The molecule has 3 rings (SSSR count). The fraction of sp³-hybridized carbons (Fsp3) is 0.208. The molecular weight excluding hydrogens is 443 g/mol. The van der Waals surface area contributed by atoms with Crippen molar-refractivity contribution < 1.29 is 28.6 Å². The van der Waals surface area contributed by atoms with Crippen LogP contribution in [0.3, 0.4) is 0 Å². The highest BCUT2D eigenvalue weighted by atomic mass is 31.2. The Kier molecular flexibility index (Phi) is 8.15. The number of esters is 1. The molecule has 0 aliphatic rings. The summed E-state index contributed by atoms with van der Waals surface area (Å²) in [6.45, 7) is 0.111. The number of nitrogens with one attached hydrogen (secondary N) is 1. The summed E-state index contributed by atoms with van der Waals surface area (Å²) < 4.78 is 22.5. The molecular formula is C24H27N2O6P. The second kappa shape index (κ2) is 10.9. The molecule has 0 spiro atoms. The monoisotopic (exact) mass is 470 g/mol. The van der Waals surface area contributed by atoms with E-state index in [1.807, 2.05) is 72.8 Å². The fourth-order valence-corrected chi connectivity index (χ4v) is 3.87. The predicted octanol–water partition coefficient (Wildman–Crippen LogP) is 3.16. The zero-order valence-electron chi connectivity index (χ0n) is 18.1. The first-order valence-electron chi connectivity index (χ1n) is 10.2. The standard InChI is InChI=1S/C24H27N2O6P/c1-31-23(27)24(25,26-17-33(28,29)30)22(32-16-18-8-4-2-5-9-18)21-14-12-20(13-15-21)19-10-6-3-7-11-19/h2-15,22,26H,16-17,25H2,1H3,(H2,28,29,30)/t22-,24-/m0/s1. The Balaban J connectivity index is 1.97. The van der Waals surface area contributed by atoms with Gasteiger partial charge in [0, 0.05) is 0 Å². The highest BCUT2D eigenvalue weighted by Crippen LogP contribution is 2.36. The van der Waals surface area contributed by atoms with Crippen molar-refractivity contribution >= 4 is 13.6 Å². The summed E-state index contributed by atoms with van der Waals surface area (Å²) in [6.07, 6.45) is -1.94. The summed E-state index contributed by atoms with van der Waals surface area (Å²) in [6, 6.07) is 26.3. The molecule has 0 bridgehead atoms. The second-order valence-corrected chi connectivity index (χ2v) is 9.17. The Morgan fingerprint density at radius 3 is 2.06 bits per heavy atom. The number of methoxy groups -OCH3 is 1. The third-order valence-electron chi connectivity index (χ3n) is 5.09. The molecule has 3 aromatic rings. The van der Waals surface area contributed by atoms with Crippen LogP contribution in [0.25, 0.3) is 11.1 Å². The predicted molar refractivity (Wildman–Crippen MR) is 125 cm³/mol. The second-order valence-electron chi connectivity index (χ2n) is 7.52. The average molecular weight is 470 g/mol. The molecule has 0 radical (unpaired) electrons. The van der Waals surface area contributed by atoms with Crippen LogP contribution in [-0.2, 0) is 25.4 Å². The van der Waals surface area contributed by atoms with Crippen molar-refractivity contribution in [2.24, 2.45) is 5.73 Å². The van der Waals surface area contributed by atoms with Crippen LogP contribution in [0.5, 0.6) is 0 Å². The van der Waals surface area contributed by atoms with Gasteiger partial charge in [0.1, 0.15) is 12.4 Å². The maximum absolute atomic E-state index is 12.7. The lowest BCUT2D eigenvalue weighted by molar-refractivity contribution is -0.157. The van der Waals surface area contributed by atoms with E-state index < -0.39 is 31.6 Å². The summed E-state index contributed by atoms with van der Waals surface area (Å²) in [5.41, 5.74) is 7.68. The zero-order chi connectivity index (χ0) is 23.9. The highest BCUT2D eigenvalue weighted by molar-refractivity contribution is 7.51. The van der Waals surface area contributed by atoms with Crippen molar-refractivity contribution in [3.8, 4) is 11.1 Å². The molecule has 0 amide bonds. The van der Waals surface area contributed by atoms with E-state index in [4.69, 9.17) is 15.2 Å². The lowest BCUT2D eigenvalue weighted by atomic mass is 9.94. The minimum Gasteiger partial charge on any atom is -0.467 e. The van der Waals surface area contributed by atoms with Crippen LogP contribution >= 0.6 is 7.60 Å². The van der Waals surface area contributed by atoms with Gasteiger partial charge in [-0.15, -0.1) is 0 Å². The minimum absolute atomic E-state index is 0.111. The van der Waals surface area contributed by atoms with E-state index in [0.717, 1.165) is 23.8 Å². The Hall–Kier alpha value is -2.84. The average Bonchev–Trinajstić information content (AvgIpc) is 2.83. The smallest absolute Gasteiger partial charge is 0.344 e. The van der Waals surface area contributed by atoms with E-state index in [1.54, 1.807) is 12.1 Å². The number of nitrogens with two attached hydrogens (primary N) is 1. The third kappa shape index (κ3) is 6.58. The van der Waals surface area contributed by atoms with Crippen molar-refractivity contribution in [2.45, 2.75) is 18.4 Å². The molecule has 2 atom stereocenters. The summed E-state index contributed by atoms with van der Waals surface area (Å²) in [5.74, 6) is -0.916. The van der Waals surface area contributed by atoms with Gasteiger partial charge in [-0.25, -0.2) is 4.79 Å². The Labute approximate surface area is 192 Å². The number of rotatable bonds is 10. The molecule has 5 N–H and O–H groups in total. The highest BCUT2D eigenvalue weighted by Gasteiger charge is 2.46. The Morgan fingerprint density at radius 1 is 0.970 bits per heavy atom. The number of hydrogen-bond acceptors (Lipinski definition) is 6. The van der Waals surface area contributed by atoms with E-state index in [9.17, 15) is 19.1 Å². The number of benzene rings is 3. The van der Waals surface area contributed by atoms with Gasteiger partial charge in [0.25, 0.3) is 0 Å². The molecule has 33 heavy (non-hydrogen) atoms. The topological polar surface area (TPSA) is 131 Å². The van der Waals surface area contributed by atoms with E-state index in [-0.39, 0.29) is 6.61 Å². The van der Waals surface area contributed by atoms with Crippen molar-refractivity contribution in [3.63, 3.8) is 0 Å². The van der Waals surface area contributed by atoms with Crippen LogP contribution < -0.4 is 11.1 Å². The molecule has 0 aliphatic heterocycles. The third-order valence-corrected chi connectivity index (χ3v) is 5.66. The molecule has 8 nitrogen and oxygen atoms in total. The van der Waals surface area contributed by atoms with Gasteiger partial charge >= 0.3 is 13.6 Å². The summed E-state index contributed by atoms with van der Waals surface area (Å²) in [5, 5.41) is 2.48. The van der Waals surface area contributed by atoms with Crippen molar-refractivity contribution in [3.05, 3.63) is 96.1 Å². The molecule has 0 aromatic heterocycles. The normalized spacial score (nSPS) is 14.3. The van der Waals surface area contributed by atoms with E-state index in [1.165, 1.54) is 0 Å². The van der Waals surface area contributed by atoms with Gasteiger partial charge in [-0.2, -0.15) is 0 Å². The SMILES string of the molecule is COC(=O)[C@@](N)(NCP(=O)(O)O)[C@@H](OCc1ccccc1)c1ccc(-c2ccccc2)cc1. The van der Waals surface area contributed by atoms with Gasteiger partial charge in [0.05, 0.1) is 13.7 Å². The lowest BCUT2D eigenvalue weighted by Gasteiger charge is -2.36. The molecule has 3 aromatic carbocycles. The quantitative estimate of drug-likeness (QED) is 0.202. The van der Waals surface area contributed by atoms with Crippen molar-refractivity contribution in [1.82, 2.24) is 5.32 Å². The van der Waals surface area contributed by atoms with Crippen LogP contribution in [0.4, 0.5) is 0 Å². The van der Waals surface area contributed by atoms with Gasteiger partial charge in [0.15, 0.2) is 5.66 Å². The Bertz CT molecular complexity index is 1090. The van der Waals surface area contributed by atoms with Crippen LogP contribution in [0.2, 0.25) is 0 Å². The molecule has 0 saturated carbocycles. The molecule has 0 saturated heterocycles. The minimum atomic E-state index is -4.52. The molecule has 0 heterocycles. The fourth-order valence-electron chi connectivity index (χ4n) is 3.40. The van der Waals surface area contributed by atoms with Gasteiger partial charge in [0.2, 0.25) is 0 Å². The molecule has 0 unspecified atom stereocenters. The number of hydrogen-bond donors (Lipinski definition) is 4. The van der Waals surface area contributed by atoms with Gasteiger partial charge in [-0.1, -0.05) is 84.9 Å². The van der Waals surface area contributed by atoms with Crippen LogP contribution in [0, 0.1) is 0 Å². The Morgan fingerprint density at radius 2 is 1.52 bits per heavy atom.